The van der Waals surface area contributed by atoms with Gasteiger partial charge in [0.05, 0.1) is 5.92 Å². The molecule has 0 atom stereocenters. The number of carbonyl (C=O) groups excluding carboxylic acids is 1. The van der Waals surface area contributed by atoms with Gasteiger partial charge < -0.3 is 4.74 Å². The molecule has 2 rings (SSSR count). The minimum absolute atomic E-state index is 0.0871. The lowest BCUT2D eigenvalue weighted by atomic mass is 10.0. The summed E-state index contributed by atoms with van der Waals surface area (Å²) in [6.07, 6.45) is 9.21. The zero-order valence-electron chi connectivity index (χ0n) is 16.8. The Hall–Kier alpha value is -2.61. The van der Waals surface area contributed by atoms with Crippen molar-refractivity contribution in [2.24, 2.45) is 11.8 Å². The molecule has 0 bridgehead atoms. The summed E-state index contributed by atoms with van der Waals surface area (Å²) in [5.41, 5.74) is 4.84. The molecule has 2 aromatic carbocycles. The first-order valence-corrected chi connectivity index (χ1v) is 9.64. The highest BCUT2D eigenvalue weighted by molar-refractivity contribution is 5.72. The molecule has 0 saturated heterocycles. The van der Waals surface area contributed by atoms with E-state index in [1.165, 1.54) is 11.1 Å². The Morgan fingerprint density at radius 1 is 0.815 bits per heavy atom. The van der Waals surface area contributed by atoms with Gasteiger partial charge in [-0.05, 0) is 40.7 Å². The van der Waals surface area contributed by atoms with Gasteiger partial charge in [-0.25, -0.2) is 0 Å². The third kappa shape index (κ3) is 7.65. The molecule has 0 aliphatic rings. The Kier molecular flexibility index (Phi) is 8.06. The third-order valence-electron chi connectivity index (χ3n) is 4.13. The van der Waals surface area contributed by atoms with Crippen LogP contribution in [0.3, 0.4) is 0 Å². The van der Waals surface area contributed by atoms with Crippen molar-refractivity contribution < 1.29 is 9.53 Å². The number of ether oxygens (including phenoxy) is 1. The molecule has 0 amide bonds. The predicted octanol–water partition coefficient (Wildman–Crippen LogP) is 6.27. The minimum atomic E-state index is -0.169. The van der Waals surface area contributed by atoms with E-state index in [1.54, 1.807) is 0 Å². The van der Waals surface area contributed by atoms with E-state index in [-0.39, 0.29) is 11.9 Å². The molecule has 0 unspecified atom stereocenters. The fraction of sp³-hybridized carbons (Fsp3) is 0.320. The molecule has 2 heteroatoms. The number of esters is 1. The van der Waals surface area contributed by atoms with Crippen molar-refractivity contribution in [3.63, 3.8) is 0 Å². The van der Waals surface area contributed by atoms with E-state index in [0.717, 1.165) is 17.5 Å². The topological polar surface area (TPSA) is 26.3 Å². The highest BCUT2D eigenvalue weighted by Gasteiger charge is 2.05. The lowest BCUT2D eigenvalue weighted by Gasteiger charge is -2.04. The molecule has 2 aromatic rings. The molecular formula is C25H30O2. The van der Waals surface area contributed by atoms with Crippen LogP contribution in [0.2, 0.25) is 0 Å². The molecule has 0 saturated carbocycles. The molecule has 0 aromatic heterocycles. The molecule has 0 aliphatic heterocycles. The summed E-state index contributed by atoms with van der Waals surface area (Å²) in [7, 11) is 0. The maximum absolute atomic E-state index is 11.4. The van der Waals surface area contributed by atoms with Crippen LogP contribution >= 0.6 is 0 Å². The SMILES string of the molecule is CC(C)Cc1ccc(/C=C/c2ccc(/C=C/COC(=O)C(C)C)cc2)cc1. The number of rotatable bonds is 8. The Morgan fingerprint density at radius 3 is 1.78 bits per heavy atom. The highest BCUT2D eigenvalue weighted by atomic mass is 16.5. The second-order valence-corrected chi connectivity index (χ2v) is 7.53. The highest BCUT2D eigenvalue weighted by Crippen LogP contribution is 2.13. The first-order chi connectivity index (χ1) is 12.9. The van der Waals surface area contributed by atoms with E-state index in [1.807, 2.05) is 26.0 Å². The van der Waals surface area contributed by atoms with Crippen LogP contribution in [0.5, 0.6) is 0 Å². The summed E-state index contributed by atoms with van der Waals surface area (Å²) >= 11 is 0. The van der Waals surface area contributed by atoms with E-state index in [2.05, 4.69) is 74.5 Å². The van der Waals surface area contributed by atoms with Crippen molar-refractivity contribution in [1.29, 1.82) is 0 Å². The van der Waals surface area contributed by atoms with Crippen LogP contribution in [-0.4, -0.2) is 12.6 Å². The molecule has 0 aliphatic carbocycles. The Labute approximate surface area is 163 Å². The maximum atomic E-state index is 11.4. The first kappa shape index (κ1) is 20.7. The van der Waals surface area contributed by atoms with Gasteiger partial charge in [0.15, 0.2) is 0 Å². The van der Waals surface area contributed by atoms with Crippen LogP contribution in [0, 0.1) is 11.8 Å². The van der Waals surface area contributed by atoms with Gasteiger partial charge >= 0.3 is 5.97 Å². The summed E-state index contributed by atoms with van der Waals surface area (Å²) in [6.45, 7) is 8.46. The van der Waals surface area contributed by atoms with Crippen molar-refractivity contribution in [3.8, 4) is 0 Å². The van der Waals surface area contributed by atoms with Crippen molar-refractivity contribution in [2.45, 2.75) is 34.1 Å². The van der Waals surface area contributed by atoms with E-state index in [9.17, 15) is 4.79 Å². The van der Waals surface area contributed by atoms with Gasteiger partial charge in [-0.1, -0.05) is 94.5 Å². The van der Waals surface area contributed by atoms with Crippen LogP contribution in [-0.2, 0) is 16.0 Å². The smallest absolute Gasteiger partial charge is 0.308 e. The molecule has 27 heavy (non-hydrogen) atoms. The fourth-order valence-corrected chi connectivity index (χ4v) is 2.63. The average Bonchev–Trinajstić information content (AvgIpc) is 2.65. The van der Waals surface area contributed by atoms with Crippen LogP contribution in [0.25, 0.3) is 18.2 Å². The van der Waals surface area contributed by atoms with Gasteiger partial charge in [0, 0.05) is 0 Å². The second-order valence-electron chi connectivity index (χ2n) is 7.53. The summed E-state index contributed by atoms with van der Waals surface area (Å²) in [4.78, 5) is 11.4. The van der Waals surface area contributed by atoms with Crippen molar-refractivity contribution in [2.75, 3.05) is 6.61 Å². The van der Waals surface area contributed by atoms with Gasteiger partial charge in [0.25, 0.3) is 0 Å². The van der Waals surface area contributed by atoms with E-state index < -0.39 is 0 Å². The molecular weight excluding hydrogens is 332 g/mol. The number of carbonyl (C=O) groups is 1. The largest absolute Gasteiger partial charge is 0.461 e. The lowest BCUT2D eigenvalue weighted by Crippen LogP contribution is -2.11. The Morgan fingerprint density at radius 2 is 1.30 bits per heavy atom. The second kappa shape index (κ2) is 10.5. The number of benzene rings is 2. The minimum Gasteiger partial charge on any atom is -0.461 e. The lowest BCUT2D eigenvalue weighted by molar-refractivity contribution is -0.145. The maximum Gasteiger partial charge on any atom is 0.308 e. The number of hydrogen-bond donors (Lipinski definition) is 0. The zero-order chi connectivity index (χ0) is 19.6. The van der Waals surface area contributed by atoms with Crippen LogP contribution in [0.15, 0.2) is 54.6 Å². The normalized spacial score (nSPS) is 11.8. The van der Waals surface area contributed by atoms with Gasteiger partial charge in [0.1, 0.15) is 6.61 Å². The van der Waals surface area contributed by atoms with Gasteiger partial charge in [0.2, 0.25) is 0 Å². The molecule has 0 fully saturated rings. The molecule has 0 heterocycles. The van der Waals surface area contributed by atoms with Crippen molar-refractivity contribution in [1.82, 2.24) is 0 Å². The van der Waals surface area contributed by atoms with Crippen LogP contribution in [0.1, 0.15) is 49.9 Å². The third-order valence-corrected chi connectivity index (χ3v) is 4.13. The monoisotopic (exact) mass is 362 g/mol. The van der Waals surface area contributed by atoms with Gasteiger partial charge in [-0.3, -0.25) is 4.79 Å². The molecule has 0 radical (unpaired) electrons. The summed E-state index contributed by atoms with van der Waals surface area (Å²) < 4.78 is 5.13. The van der Waals surface area contributed by atoms with Gasteiger partial charge in [-0.2, -0.15) is 0 Å². The fourth-order valence-electron chi connectivity index (χ4n) is 2.63. The summed E-state index contributed by atoms with van der Waals surface area (Å²) in [6, 6.07) is 17.1. The van der Waals surface area contributed by atoms with E-state index in [4.69, 9.17) is 4.74 Å². The van der Waals surface area contributed by atoms with E-state index in [0.29, 0.717) is 12.5 Å². The van der Waals surface area contributed by atoms with Crippen molar-refractivity contribution in [3.05, 3.63) is 76.9 Å². The van der Waals surface area contributed by atoms with Crippen LogP contribution < -0.4 is 0 Å². The quantitative estimate of drug-likeness (QED) is 0.409. The zero-order valence-corrected chi connectivity index (χ0v) is 16.8. The van der Waals surface area contributed by atoms with Crippen LogP contribution in [0.4, 0.5) is 0 Å². The predicted molar refractivity (Wildman–Crippen MR) is 115 cm³/mol. The van der Waals surface area contributed by atoms with E-state index >= 15 is 0 Å². The molecule has 2 nitrogen and oxygen atoms in total. The summed E-state index contributed by atoms with van der Waals surface area (Å²) in [5, 5.41) is 0. The molecule has 0 N–H and O–H groups in total. The Balaban J connectivity index is 1.87. The molecule has 142 valence electrons. The number of hydrogen-bond acceptors (Lipinski definition) is 2. The van der Waals surface area contributed by atoms with Gasteiger partial charge in [-0.15, -0.1) is 0 Å². The standard InChI is InChI=1S/C25H30O2/c1-19(2)18-24-15-13-23(14-16-24)12-11-22-9-7-21(8-10-22)6-5-17-27-25(26)20(3)4/h5-16,19-20H,17-18H2,1-4H3/b6-5+,12-11+. The summed E-state index contributed by atoms with van der Waals surface area (Å²) in [5.74, 6) is 0.425. The average molecular weight is 363 g/mol. The molecule has 0 spiro atoms. The first-order valence-electron chi connectivity index (χ1n) is 9.64. The van der Waals surface area contributed by atoms with Crippen molar-refractivity contribution >= 4 is 24.2 Å². The Bertz CT molecular complexity index is 763.